The quantitative estimate of drug-likeness (QED) is 0.673. The molecule has 0 aromatic carbocycles. The van der Waals surface area contributed by atoms with Gasteiger partial charge in [-0.05, 0) is 0 Å². The molecular weight excluding hydrogens is 197 g/mol. The van der Waals surface area contributed by atoms with E-state index in [1.165, 1.54) is 0 Å². The topological polar surface area (TPSA) is 40.5 Å². The zero-order valence-corrected chi connectivity index (χ0v) is 7.15. The Balaban J connectivity index is 0. The molecule has 0 aromatic heterocycles. The molecule has 76 valence electrons. The van der Waals surface area contributed by atoms with Gasteiger partial charge in [-0.2, -0.15) is 0 Å². The molecule has 0 saturated carbocycles. The van der Waals surface area contributed by atoms with E-state index in [0.29, 0.717) is 0 Å². The van der Waals surface area contributed by atoms with E-state index in [2.05, 4.69) is 0 Å². The summed E-state index contributed by atoms with van der Waals surface area (Å²) in [5.41, 5.74) is 0. The van der Waals surface area contributed by atoms with Crippen molar-refractivity contribution in [3.8, 4) is 0 Å². The van der Waals surface area contributed by atoms with Crippen molar-refractivity contribution in [3.05, 3.63) is 0 Å². The maximum Gasteiger partial charge on any atom is 0.118 e. The third kappa shape index (κ3) is 12.7. The molecule has 2 nitrogen and oxygen atoms in total. The van der Waals surface area contributed by atoms with Gasteiger partial charge in [0.05, 0.1) is 12.0 Å². The minimum atomic E-state index is -1.40. The Morgan fingerprint density at radius 1 is 0.917 bits per heavy atom. The van der Waals surface area contributed by atoms with E-state index in [1.54, 1.807) is 0 Å². The molecule has 0 fully saturated rings. The van der Waals surface area contributed by atoms with Crippen LogP contribution in [0.1, 0.15) is 0 Å². The van der Waals surface area contributed by atoms with Crippen LogP contribution in [-0.2, 0) is 0 Å². The molecule has 0 aliphatic carbocycles. The van der Waals surface area contributed by atoms with E-state index < -0.39 is 32.2 Å². The van der Waals surface area contributed by atoms with E-state index in [9.17, 15) is 13.2 Å². The molecule has 0 aromatic rings. The molecule has 0 aliphatic rings. The summed E-state index contributed by atoms with van der Waals surface area (Å²) in [6.07, 6.45) is -2.36. The lowest BCUT2D eigenvalue weighted by Crippen LogP contribution is -2.10. The van der Waals surface area contributed by atoms with Gasteiger partial charge in [-0.3, -0.25) is 0 Å². The van der Waals surface area contributed by atoms with Gasteiger partial charge in [0.2, 0.25) is 0 Å². The van der Waals surface area contributed by atoms with Crippen LogP contribution in [0.5, 0.6) is 0 Å². The lowest BCUT2D eigenvalue weighted by Gasteiger charge is -1.93. The van der Waals surface area contributed by atoms with Crippen molar-refractivity contribution in [2.45, 2.75) is 12.2 Å². The Kier molecular flexibility index (Phi) is 13.3. The highest BCUT2D eigenvalue weighted by Crippen LogP contribution is 1.85. The minimum absolute atomic E-state index is 0.0174. The zero-order chi connectivity index (χ0) is 9.98. The Morgan fingerprint density at radius 3 is 1.25 bits per heavy atom. The van der Waals surface area contributed by atoms with Crippen LogP contribution in [0.3, 0.4) is 0 Å². The Hall–Kier alpha value is -0.0000000000000000555. The van der Waals surface area contributed by atoms with Crippen LogP contribution in [0.2, 0.25) is 0 Å². The second kappa shape index (κ2) is 11.0. The number of halogens is 4. The highest BCUT2D eigenvalue weighted by Gasteiger charge is 1.97. The maximum atomic E-state index is 11.1. The number of hydrogen-bond donors (Lipinski definition) is 2. The van der Waals surface area contributed by atoms with Gasteiger partial charge in [-0.25, -0.2) is 13.2 Å². The number of alkyl halides is 4. The van der Waals surface area contributed by atoms with Gasteiger partial charge < -0.3 is 10.2 Å². The predicted molar refractivity (Wildman–Crippen MR) is 40.7 cm³/mol. The number of rotatable bonds is 4. The summed E-state index contributed by atoms with van der Waals surface area (Å²) in [5.74, 6) is -0.0174. The van der Waals surface area contributed by atoms with Gasteiger partial charge in [0.15, 0.2) is 0 Å². The second-order valence-electron chi connectivity index (χ2n) is 1.92. The first-order chi connectivity index (χ1) is 5.62. The van der Waals surface area contributed by atoms with Crippen LogP contribution in [0.25, 0.3) is 0 Å². The van der Waals surface area contributed by atoms with E-state index in [1.807, 2.05) is 0 Å². The molecule has 0 radical (unpaired) electrons. The van der Waals surface area contributed by atoms with Gasteiger partial charge >= 0.3 is 0 Å². The van der Waals surface area contributed by atoms with Gasteiger partial charge in [-0.1, -0.05) is 0 Å². The summed E-state index contributed by atoms with van der Waals surface area (Å²) in [4.78, 5) is 0. The third-order valence-corrected chi connectivity index (χ3v) is 1.07. The Labute approximate surface area is 74.0 Å². The van der Waals surface area contributed by atoms with Crippen molar-refractivity contribution < 1.29 is 23.4 Å². The van der Waals surface area contributed by atoms with Crippen LogP contribution < -0.4 is 0 Å². The van der Waals surface area contributed by atoms with Gasteiger partial charge in [0.1, 0.15) is 26.1 Å². The van der Waals surface area contributed by atoms with Crippen LogP contribution in [-0.4, -0.2) is 48.3 Å². The fourth-order valence-electron chi connectivity index (χ4n) is 0.0825. The van der Waals surface area contributed by atoms with E-state index in [4.69, 9.17) is 21.8 Å². The normalized spacial score (nSPS) is 12.2. The molecule has 0 rings (SSSR count). The summed E-state index contributed by atoms with van der Waals surface area (Å²) in [6.45, 7) is -2.73. The molecule has 12 heavy (non-hydrogen) atoms. The first-order valence-corrected chi connectivity index (χ1v) is 3.75. The lowest BCUT2D eigenvalue weighted by atomic mass is 10.4. The standard InChI is InChI=1S/C3H6ClFO.C3H6F2O/c2*4-1-3(6)2-5/h2*3,6H,1-2H2. The Morgan fingerprint density at radius 2 is 1.25 bits per heavy atom. The molecule has 0 spiro atoms. The molecule has 1 atom stereocenters. The van der Waals surface area contributed by atoms with Crippen molar-refractivity contribution in [1.29, 1.82) is 0 Å². The molecule has 0 saturated heterocycles. The molecular formula is C6H12ClF3O2. The van der Waals surface area contributed by atoms with Gasteiger partial charge in [-0.15, -0.1) is 11.6 Å². The Bertz CT molecular complexity index is 69.2. The van der Waals surface area contributed by atoms with Crippen LogP contribution >= 0.6 is 11.6 Å². The van der Waals surface area contributed by atoms with Crippen molar-refractivity contribution in [2.75, 3.05) is 25.9 Å². The third-order valence-electron chi connectivity index (χ3n) is 0.712. The fourth-order valence-corrected chi connectivity index (χ4v) is 0.165. The fraction of sp³-hybridized carbons (Fsp3) is 1.00. The van der Waals surface area contributed by atoms with Crippen molar-refractivity contribution in [2.24, 2.45) is 0 Å². The lowest BCUT2D eigenvalue weighted by molar-refractivity contribution is 0.111. The van der Waals surface area contributed by atoms with Gasteiger partial charge in [0.25, 0.3) is 0 Å². The average molecular weight is 209 g/mol. The molecule has 6 heteroatoms. The summed E-state index contributed by atoms with van der Waals surface area (Å²) in [5, 5.41) is 16.1. The zero-order valence-electron chi connectivity index (χ0n) is 6.39. The van der Waals surface area contributed by atoms with Crippen molar-refractivity contribution in [1.82, 2.24) is 0 Å². The molecule has 2 N–H and O–H groups in total. The molecule has 0 aliphatic heterocycles. The summed E-state index contributed by atoms with van der Waals surface area (Å²) in [7, 11) is 0. The van der Waals surface area contributed by atoms with Gasteiger partial charge in [0, 0.05) is 0 Å². The molecule has 0 bridgehead atoms. The largest absolute Gasteiger partial charge is 0.389 e. The first kappa shape index (κ1) is 14.5. The molecule has 0 amide bonds. The van der Waals surface area contributed by atoms with Crippen LogP contribution in [0.15, 0.2) is 0 Å². The van der Waals surface area contributed by atoms with Crippen molar-refractivity contribution >= 4 is 11.6 Å². The predicted octanol–water partition coefficient (Wildman–Crippen LogP) is 0.842. The monoisotopic (exact) mass is 208 g/mol. The first-order valence-electron chi connectivity index (χ1n) is 3.22. The number of aliphatic hydroxyl groups excluding tert-OH is 2. The summed E-state index contributed by atoms with van der Waals surface area (Å²) in [6, 6.07) is 0. The maximum absolute atomic E-state index is 11.1. The summed E-state index contributed by atoms with van der Waals surface area (Å²) < 4.78 is 32.8. The van der Waals surface area contributed by atoms with Crippen LogP contribution in [0.4, 0.5) is 13.2 Å². The smallest absolute Gasteiger partial charge is 0.118 e. The second-order valence-corrected chi connectivity index (χ2v) is 2.23. The molecule has 1 unspecified atom stereocenters. The average Bonchev–Trinajstić information content (AvgIpc) is 2.16. The number of aliphatic hydroxyl groups is 2. The number of hydrogen-bond acceptors (Lipinski definition) is 2. The molecule has 0 heterocycles. The van der Waals surface area contributed by atoms with Crippen LogP contribution in [0, 0.1) is 0 Å². The SMILES string of the molecule is OC(CF)CCl.OC(CF)CF. The highest BCUT2D eigenvalue weighted by molar-refractivity contribution is 6.18. The van der Waals surface area contributed by atoms with E-state index >= 15 is 0 Å². The minimum Gasteiger partial charge on any atom is -0.389 e. The van der Waals surface area contributed by atoms with E-state index in [-0.39, 0.29) is 5.88 Å². The summed E-state index contributed by atoms with van der Waals surface area (Å²) >= 11 is 4.96. The highest BCUT2D eigenvalue weighted by atomic mass is 35.5. The van der Waals surface area contributed by atoms with Crippen molar-refractivity contribution in [3.63, 3.8) is 0 Å². The van der Waals surface area contributed by atoms with E-state index in [0.717, 1.165) is 0 Å².